The minimum Gasteiger partial charge on any atom is -0.467 e. The number of rotatable bonds is 14. The molecule has 0 aliphatic heterocycles. The summed E-state index contributed by atoms with van der Waals surface area (Å²) in [6, 6.07) is 20.5. The topological polar surface area (TPSA) is 161 Å². The summed E-state index contributed by atoms with van der Waals surface area (Å²) in [4.78, 5) is 40.1. The third kappa shape index (κ3) is 9.00. The van der Waals surface area contributed by atoms with E-state index in [1.54, 1.807) is 36.4 Å². The number of ether oxygens (including phenoxy) is 1. The number of aromatic nitrogens is 1. The van der Waals surface area contributed by atoms with Gasteiger partial charge in [0, 0.05) is 42.5 Å². The Hall–Kier alpha value is -4.72. The number of halogens is 2. The first-order valence-corrected chi connectivity index (χ1v) is 16.8. The van der Waals surface area contributed by atoms with E-state index in [-0.39, 0.29) is 45.0 Å². The van der Waals surface area contributed by atoms with Crippen LogP contribution in [0.25, 0.3) is 0 Å². The molecule has 0 unspecified atom stereocenters. The lowest BCUT2D eigenvalue weighted by molar-refractivity contribution is -0.384. The Bertz CT molecular complexity index is 1850. The fraction of sp³-hybridized carbons (Fsp3) is 0.242. The molecule has 48 heavy (non-hydrogen) atoms. The van der Waals surface area contributed by atoms with Crippen LogP contribution in [0.5, 0.6) is 0 Å². The molecule has 0 spiro atoms. The zero-order valence-corrected chi connectivity index (χ0v) is 28.6. The summed E-state index contributed by atoms with van der Waals surface area (Å²) < 4.78 is 33.5. The Kier molecular flexibility index (Phi) is 11.6. The number of pyridine rings is 1. The van der Waals surface area contributed by atoms with Crippen molar-refractivity contribution in [2.45, 2.75) is 43.2 Å². The molecular formula is C33H33Cl2N5O7S. The highest BCUT2D eigenvalue weighted by molar-refractivity contribution is 7.92. The third-order valence-electron chi connectivity index (χ3n) is 7.34. The number of nitrogens with zero attached hydrogens (tertiary/aromatic N) is 3. The van der Waals surface area contributed by atoms with E-state index in [0.717, 1.165) is 23.4 Å². The number of anilines is 2. The minimum atomic E-state index is -4.11. The average molecular weight is 715 g/mol. The SMILES string of the molecule is COC(=O)[C@H](Cc1ccc(NC(C)(C)CCN(c2ccccn2)S(=O)(=O)c2ccc([N+](=O)[O-])cc2)cc1)NC(=O)c1c(Cl)cccc1Cl. The van der Waals surface area contributed by atoms with Gasteiger partial charge in [-0.25, -0.2) is 22.5 Å². The number of carbonyl (C=O) groups excluding carboxylic acids is 2. The number of nitro groups is 1. The van der Waals surface area contributed by atoms with Gasteiger partial charge in [-0.2, -0.15) is 0 Å². The number of nitrogens with one attached hydrogen (secondary N) is 2. The van der Waals surface area contributed by atoms with Crippen molar-refractivity contribution in [3.05, 3.63) is 122 Å². The van der Waals surface area contributed by atoms with Crippen LogP contribution in [-0.2, 0) is 26.0 Å². The van der Waals surface area contributed by atoms with E-state index < -0.39 is 38.4 Å². The van der Waals surface area contributed by atoms with Crippen LogP contribution in [0.1, 0.15) is 36.2 Å². The number of non-ortho nitro benzene ring substituents is 1. The number of esters is 1. The summed E-state index contributed by atoms with van der Waals surface area (Å²) in [6.45, 7) is 3.88. The quantitative estimate of drug-likeness (QED) is 0.0870. The molecule has 4 aromatic rings. The van der Waals surface area contributed by atoms with Gasteiger partial charge in [-0.3, -0.25) is 14.9 Å². The van der Waals surface area contributed by atoms with Crippen LogP contribution in [0.15, 0.2) is 96.0 Å². The zero-order valence-electron chi connectivity index (χ0n) is 26.2. The summed E-state index contributed by atoms with van der Waals surface area (Å²) in [5, 5.41) is 17.4. The number of benzene rings is 3. The summed E-state index contributed by atoms with van der Waals surface area (Å²) in [5.74, 6) is -1.05. The molecule has 4 rings (SSSR count). The molecule has 0 radical (unpaired) electrons. The molecular weight excluding hydrogens is 681 g/mol. The van der Waals surface area contributed by atoms with Crippen molar-refractivity contribution in [1.29, 1.82) is 0 Å². The van der Waals surface area contributed by atoms with Gasteiger partial charge < -0.3 is 15.4 Å². The average Bonchev–Trinajstić information content (AvgIpc) is 3.05. The Morgan fingerprint density at radius 3 is 2.19 bits per heavy atom. The van der Waals surface area contributed by atoms with Crippen LogP contribution in [-0.4, -0.2) is 55.4 Å². The van der Waals surface area contributed by atoms with Gasteiger partial charge in [0.25, 0.3) is 21.6 Å². The Morgan fingerprint density at radius 2 is 1.62 bits per heavy atom. The fourth-order valence-electron chi connectivity index (χ4n) is 4.80. The molecule has 0 saturated heterocycles. The van der Waals surface area contributed by atoms with Crippen molar-refractivity contribution in [3.8, 4) is 0 Å². The predicted octanol–water partition coefficient (Wildman–Crippen LogP) is 6.29. The second kappa shape index (κ2) is 15.5. The fourth-order valence-corrected chi connectivity index (χ4v) is 6.79. The first-order valence-electron chi connectivity index (χ1n) is 14.6. The molecule has 3 aromatic carbocycles. The smallest absolute Gasteiger partial charge is 0.328 e. The van der Waals surface area contributed by atoms with Crippen LogP contribution in [0.4, 0.5) is 17.2 Å². The van der Waals surface area contributed by atoms with Gasteiger partial charge in [0.1, 0.15) is 11.9 Å². The Labute approximate surface area is 288 Å². The lowest BCUT2D eigenvalue weighted by Crippen LogP contribution is -2.43. The van der Waals surface area contributed by atoms with E-state index >= 15 is 0 Å². The van der Waals surface area contributed by atoms with E-state index in [1.165, 1.54) is 41.9 Å². The van der Waals surface area contributed by atoms with Gasteiger partial charge in [-0.15, -0.1) is 0 Å². The minimum absolute atomic E-state index is 0.0460. The van der Waals surface area contributed by atoms with Crippen LogP contribution in [0.2, 0.25) is 10.0 Å². The predicted molar refractivity (Wildman–Crippen MR) is 184 cm³/mol. The van der Waals surface area contributed by atoms with Gasteiger partial charge >= 0.3 is 5.97 Å². The maximum absolute atomic E-state index is 13.7. The van der Waals surface area contributed by atoms with Gasteiger partial charge in [0.2, 0.25) is 0 Å². The van der Waals surface area contributed by atoms with Crippen LogP contribution < -0.4 is 14.9 Å². The number of hydrogen-bond donors (Lipinski definition) is 2. The van der Waals surface area contributed by atoms with E-state index in [0.29, 0.717) is 6.42 Å². The van der Waals surface area contributed by atoms with Crippen molar-refractivity contribution < 1.29 is 27.7 Å². The highest BCUT2D eigenvalue weighted by atomic mass is 35.5. The number of nitro benzene ring substituents is 1. The molecule has 252 valence electrons. The maximum atomic E-state index is 13.7. The molecule has 2 N–H and O–H groups in total. The zero-order chi connectivity index (χ0) is 35.1. The van der Waals surface area contributed by atoms with Gasteiger partial charge in [-0.05, 0) is 74.4 Å². The highest BCUT2D eigenvalue weighted by Crippen LogP contribution is 2.27. The van der Waals surface area contributed by atoms with Gasteiger partial charge in [0.05, 0.1) is 32.5 Å². The van der Waals surface area contributed by atoms with Gasteiger partial charge in [0.15, 0.2) is 0 Å². The highest BCUT2D eigenvalue weighted by Gasteiger charge is 2.30. The Morgan fingerprint density at radius 1 is 0.979 bits per heavy atom. The van der Waals surface area contributed by atoms with Crippen molar-refractivity contribution in [3.63, 3.8) is 0 Å². The van der Waals surface area contributed by atoms with Gasteiger partial charge in [-0.1, -0.05) is 47.5 Å². The number of hydrogen-bond acceptors (Lipinski definition) is 9. The molecule has 15 heteroatoms. The molecule has 0 aliphatic carbocycles. The second-order valence-electron chi connectivity index (χ2n) is 11.3. The molecule has 0 fully saturated rings. The maximum Gasteiger partial charge on any atom is 0.328 e. The van der Waals surface area contributed by atoms with Crippen molar-refractivity contribution in [1.82, 2.24) is 10.3 Å². The standard InChI is InChI=1S/C33H33Cl2N5O7S/c1-33(2,18-20-39(29-9-4-5-19-36-29)48(45,46)25-16-14-24(15-17-25)40(43)44)38-23-12-10-22(11-13-23)21-28(32(42)47-3)37-31(41)30-26(34)7-6-8-27(30)35/h4-17,19,28,38H,18,20-21H2,1-3H3,(H,37,41)/t28-/m0/s1. The Balaban J connectivity index is 1.46. The van der Waals surface area contributed by atoms with E-state index in [9.17, 15) is 28.1 Å². The van der Waals surface area contributed by atoms with E-state index in [4.69, 9.17) is 27.9 Å². The lowest BCUT2D eigenvalue weighted by atomic mass is 9.99. The number of amides is 1. The van der Waals surface area contributed by atoms with Crippen LogP contribution in [0.3, 0.4) is 0 Å². The van der Waals surface area contributed by atoms with Crippen LogP contribution in [0, 0.1) is 10.1 Å². The number of carbonyl (C=O) groups is 2. The van der Waals surface area contributed by atoms with E-state index in [1.807, 2.05) is 26.0 Å². The first kappa shape index (κ1) is 36.1. The monoisotopic (exact) mass is 713 g/mol. The van der Waals surface area contributed by atoms with Crippen molar-refractivity contribution >= 4 is 62.3 Å². The summed E-state index contributed by atoms with van der Waals surface area (Å²) in [5.41, 5.74) is 0.680. The van der Waals surface area contributed by atoms with Crippen LogP contribution >= 0.6 is 23.2 Å². The second-order valence-corrected chi connectivity index (χ2v) is 14.0. The molecule has 0 saturated carbocycles. The summed E-state index contributed by atoms with van der Waals surface area (Å²) in [6.07, 6.45) is 1.96. The van der Waals surface area contributed by atoms with Crippen molar-refractivity contribution in [2.75, 3.05) is 23.3 Å². The number of methoxy groups -OCH3 is 1. The number of sulfonamides is 1. The molecule has 0 aliphatic rings. The lowest BCUT2D eigenvalue weighted by Gasteiger charge is -2.31. The first-order chi connectivity index (χ1) is 22.7. The normalized spacial score (nSPS) is 12.1. The summed E-state index contributed by atoms with van der Waals surface area (Å²) >= 11 is 12.3. The molecule has 1 aromatic heterocycles. The molecule has 1 atom stereocenters. The molecule has 12 nitrogen and oxygen atoms in total. The molecule has 1 amide bonds. The third-order valence-corrected chi connectivity index (χ3v) is 9.79. The van der Waals surface area contributed by atoms with E-state index in [2.05, 4.69) is 15.6 Å². The largest absolute Gasteiger partial charge is 0.467 e. The van der Waals surface area contributed by atoms with Crippen molar-refractivity contribution in [2.24, 2.45) is 0 Å². The molecule has 1 heterocycles. The summed E-state index contributed by atoms with van der Waals surface area (Å²) in [7, 11) is -2.88. The molecule has 0 bridgehead atoms.